The van der Waals surface area contributed by atoms with Gasteiger partial charge in [-0.3, -0.25) is 0 Å². The van der Waals surface area contributed by atoms with Gasteiger partial charge >= 0.3 is 0 Å². The van der Waals surface area contributed by atoms with Crippen LogP contribution in [0.1, 0.15) is 45.4 Å². The molecule has 1 rings (SSSR count). The van der Waals surface area contributed by atoms with E-state index in [1.165, 1.54) is 11.3 Å². The summed E-state index contributed by atoms with van der Waals surface area (Å²) >= 11 is 0. The molecule has 0 amide bonds. The summed E-state index contributed by atoms with van der Waals surface area (Å²) in [5, 5.41) is 59.1. The Bertz CT molecular complexity index is 344. The highest BCUT2D eigenvalue weighted by atomic mass is 16.7. The zero-order valence-electron chi connectivity index (χ0n) is 14.4. The van der Waals surface area contributed by atoms with Crippen molar-refractivity contribution in [3.8, 4) is 0 Å². The van der Waals surface area contributed by atoms with Gasteiger partial charge in [0.15, 0.2) is 6.10 Å². The van der Waals surface area contributed by atoms with Crippen LogP contribution in [0.2, 0.25) is 0 Å². The molecule has 144 valence electrons. The maximum Gasteiger partial charge on any atom is 0.258 e. The molecule has 1 fully saturated rings. The topological polar surface area (TPSA) is 134 Å². The number of unbranched alkanes of at least 4 members (excludes halogenated alkanes) is 5. The van der Waals surface area contributed by atoms with E-state index in [4.69, 9.17) is 4.74 Å². The third kappa shape index (κ3) is 5.34. The lowest BCUT2D eigenvalue weighted by Crippen LogP contribution is -2.71. The van der Waals surface area contributed by atoms with Crippen LogP contribution in [0.4, 0.5) is 0 Å². The molecule has 1 heterocycles. The summed E-state index contributed by atoms with van der Waals surface area (Å²) in [4.78, 5) is 1.34. The van der Waals surface area contributed by atoms with Crippen LogP contribution < -0.4 is 0 Å². The molecule has 5 atom stereocenters. The Balaban J connectivity index is 2.69. The molecule has 0 aliphatic carbocycles. The fourth-order valence-corrected chi connectivity index (χ4v) is 3.03. The Morgan fingerprint density at radius 1 is 0.917 bits per heavy atom. The van der Waals surface area contributed by atoms with Gasteiger partial charge in [0.25, 0.3) is 5.91 Å². The summed E-state index contributed by atoms with van der Waals surface area (Å²) in [6.45, 7) is 1.64. The lowest BCUT2D eigenvalue weighted by atomic mass is 9.95. The Hall–Kier alpha value is -0.320. The molecule has 24 heavy (non-hydrogen) atoms. The predicted octanol–water partition coefficient (Wildman–Crippen LogP) is -1.24. The van der Waals surface area contributed by atoms with E-state index < -0.39 is 36.9 Å². The molecule has 0 aromatic carbocycles. The van der Waals surface area contributed by atoms with Crippen LogP contribution in [0.3, 0.4) is 0 Å². The normalized spacial score (nSPS) is 34.0. The van der Waals surface area contributed by atoms with Crippen molar-refractivity contribution in [2.75, 3.05) is 26.3 Å². The van der Waals surface area contributed by atoms with Gasteiger partial charge in [0.1, 0.15) is 18.3 Å². The second-order valence-corrected chi connectivity index (χ2v) is 6.40. The highest BCUT2D eigenvalue weighted by molar-refractivity contribution is 4.96. The van der Waals surface area contributed by atoms with Crippen LogP contribution in [0.15, 0.2) is 0 Å². The molecular formula is C16H33NO7. The summed E-state index contributed by atoms with van der Waals surface area (Å²) in [6, 6.07) is 0. The summed E-state index contributed by atoms with van der Waals surface area (Å²) in [7, 11) is 0. The quantitative estimate of drug-likeness (QED) is 0.201. The van der Waals surface area contributed by atoms with Crippen LogP contribution >= 0.6 is 0 Å². The average Bonchev–Trinajstić information content (AvgIpc) is 2.58. The van der Waals surface area contributed by atoms with Crippen molar-refractivity contribution in [3.05, 3.63) is 0 Å². The monoisotopic (exact) mass is 351 g/mol. The van der Waals surface area contributed by atoms with Crippen molar-refractivity contribution in [3.63, 3.8) is 0 Å². The Morgan fingerprint density at radius 2 is 1.54 bits per heavy atom. The number of aliphatic hydroxyl groups is 6. The first-order valence-electron chi connectivity index (χ1n) is 8.83. The highest BCUT2D eigenvalue weighted by Gasteiger charge is 2.55. The zero-order valence-corrected chi connectivity index (χ0v) is 14.4. The summed E-state index contributed by atoms with van der Waals surface area (Å²) in [5.41, 5.74) is 0. The van der Waals surface area contributed by atoms with E-state index in [2.05, 4.69) is 6.92 Å². The molecule has 8 nitrogen and oxygen atoms in total. The number of hydrogen-bond acceptors (Lipinski definition) is 8. The fourth-order valence-electron chi connectivity index (χ4n) is 3.03. The second-order valence-electron chi connectivity index (χ2n) is 6.40. The molecule has 1 aliphatic heterocycles. The van der Waals surface area contributed by atoms with Crippen molar-refractivity contribution < 1.29 is 35.4 Å². The molecular weight excluding hydrogens is 318 g/mol. The maximum absolute atomic E-state index is 10.7. The van der Waals surface area contributed by atoms with E-state index in [9.17, 15) is 30.6 Å². The average molecular weight is 351 g/mol. The number of hydrogen-bond donors (Lipinski definition) is 6. The number of nitrogens with zero attached hydrogens (tertiary/aromatic N) is 1. The molecule has 1 aliphatic rings. The Labute approximate surface area is 143 Å². The van der Waals surface area contributed by atoms with E-state index in [0.29, 0.717) is 6.54 Å². The van der Waals surface area contributed by atoms with E-state index in [0.717, 1.165) is 32.1 Å². The number of ether oxygens (including phenoxy) is 1. The molecule has 0 aromatic heterocycles. The molecule has 0 bridgehead atoms. The van der Waals surface area contributed by atoms with Crippen molar-refractivity contribution in [1.29, 1.82) is 0 Å². The van der Waals surface area contributed by atoms with Gasteiger partial charge in [-0.25, -0.2) is 4.90 Å². The van der Waals surface area contributed by atoms with Gasteiger partial charge in [0.2, 0.25) is 0 Å². The molecule has 0 spiro atoms. The molecule has 6 N–H and O–H groups in total. The smallest absolute Gasteiger partial charge is 0.258 e. The highest BCUT2D eigenvalue weighted by Crippen LogP contribution is 2.31. The first-order valence-corrected chi connectivity index (χ1v) is 8.83. The number of rotatable bonds is 11. The lowest BCUT2D eigenvalue weighted by Gasteiger charge is -2.50. The standard InChI is InChI=1S/C16H33NO7/c1-2-3-4-5-6-7-8-17(9-10-18)16(23)15(22)14(21)13(20)12(11-19)24-16/h12-15,18-23H,2-11H2,1H3/t12-,13-,14+,15-,16?/m1/s1. The van der Waals surface area contributed by atoms with Crippen LogP contribution in [-0.2, 0) is 4.74 Å². The first kappa shape index (κ1) is 21.7. The van der Waals surface area contributed by atoms with E-state index >= 15 is 0 Å². The Morgan fingerprint density at radius 3 is 2.12 bits per heavy atom. The van der Waals surface area contributed by atoms with Crippen LogP contribution in [0.25, 0.3) is 0 Å². The van der Waals surface area contributed by atoms with Crippen LogP contribution in [0.5, 0.6) is 0 Å². The minimum absolute atomic E-state index is 0.0312. The van der Waals surface area contributed by atoms with Gasteiger partial charge < -0.3 is 35.4 Å². The zero-order chi connectivity index (χ0) is 18.2. The third-order valence-electron chi connectivity index (χ3n) is 4.55. The lowest BCUT2D eigenvalue weighted by molar-refractivity contribution is -0.403. The van der Waals surface area contributed by atoms with Crippen molar-refractivity contribution in [2.24, 2.45) is 0 Å². The number of aliphatic hydroxyl groups excluding tert-OH is 5. The van der Waals surface area contributed by atoms with E-state index in [-0.39, 0.29) is 13.2 Å². The van der Waals surface area contributed by atoms with Gasteiger partial charge in [-0.15, -0.1) is 0 Å². The molecule has 0 radical (unpaired) electrons. The maximum atomic E-state index is 10.7. The SMILES string of the molecule is CCCCCCCCN(CCO)C1(O)O[C@H](CO)[C@@H](O)[C@H](O)[C@H]1O. The molecule has 1 unspecified atom stereocenters. The van der Waals surface area contributed by atoms with Gasteiger partial charge in [-0.05, 0) is 6.42 Å². The first-order chi connectivity index (χ1) is 11.4. The molecule has 1 saturated heterocycles. The molecule has 0 aromatic rings. The van der Waals surface area contributed by atoms with Gasteiger partial charge in [-0.2, -0.15) is 0 Å². The van der Waals surface area contributed by atoms with Gasteiger partial charge in [-0.1, -0.05) is 39.0 Å². The summed E-state index contributed by atoms with van der Waals surface area (Å²) < 4.78 is 5.29. The predicted molar refractivity (Wildman–Crippen MR) is 87.0 cm³/mol. The Kier molecular flexibility index (Phi) is 9.61. The van der Waals surface area contributed by atoms with Crippen LogP contribution in [0, 0.1) is 0 Å². The van der Waals surface area contributed by atoms with Gasteiger partial charge in [0.05, 0.1) is 13.2 Å². The molecule has 8 heteroatoms. The van der Waals surface area contributed by atoms with Crippen LogP contribution in [-0.4, -0.2) is 92.2 Å². The minimum Gasteiger partial charge on any atom is -0.395 e. The largest absolute Gasteiger partial charge is 0.395 e. The van der Waals surface area contributed by atoms with E-state index in [1.807, 2.05) is 0 Å². The summed E-state index contributed by atoms with van der Waals surface area (Å²) in [6.07, 6.45) is 0.0181. The van der Waals surface area contributed by atoms with Crippen molar-refractivity contribution in [2.45, 2.75) is 75.8 Å². The van der Waals surface area contributed by atoms with Crippen molar-refractivity contribution in [1.82, 2.24) is 4.90 Å². The summed E-state index contributed by atoms with van der Waals surface area (Å²) in [5.74, 6) is -2.27. The van der Waals surface area contributed by atoms with Crippen molar-refractivity contribution >= 4 is 0 Å². The van der Waals surface area contributed by atoms with E-state index in [1.54, 1.807) is 0 Å². The fraction of sp³-hybridized carbons (Fsp3) is 1.00. The minimum atomic E-state index is -2.27. The second kappa shape index (κ2) is 10.6. The third-order valence-corrected chi connectivity index (χ3v) is 4.55. The van der Waals surface area contributed by atoms with Gasteiger partial charge in [0, 0.05) is 13.1 Å². The molecule has 0 saturated carbocycles.